The average Bonchev–Trinajstić information content (AvgIpc) is 3.01. The maximum atomic E-state index is 3.63. The van der Waals surface area contributed by atoms with Gasteiger partial charge in [0.2, 0.25) is 0 Å². The molecule has 0 amide bonds. The van der Waals surface area contributed by atoms with Crippen molar-refractivity contribution in [2.45, 2.75) is 19.0 Å². The molecular weight excluding hydrogens is 270 g/mol. The molecular formula is C19H25N3. The molecule has 3 nitrogen and oxygen atoms in total. The highest BCUT2D eigenvalue weighted by molar-refractivity contribution is 5.61. The fourth-order valence-corrected chi connectivity index (χ4v) is 3.18. The Labute approximate surface area is 133 Å². The Morgan fingerprint density at radius 2 is 1.91 bits per heavy atom. The summed E-state index contributed by atoms with van der Waals surface area (Å²) in [7, 11) is 4.28. The molecule has 1 unspecified atom stereocenters. The van der Waals surface area contributed by atoms with Gasteiger partial charge in [-0.3, -0.25) is 0 Å². The van der Waals surface area contributed by atoms with Crippen molar-refractivity contribution < 1.29 is 0 Å². The third kappa shape index (κ3) is 3.32. The molecule has 3 rings (SSSR count). The monoisotopic (exact) mass is 295 g/mol. The van der Waals surface area contributed by atoms with Gasteiger partial charge in [-0.05, 0) is 37.2 Å². The molecule has 1 aliphatic rings. The van der Waals surface area contributed by atoms with E-state index in [-0.39, 0.29) is 0 Å². The lowest BCUT2D eigenvalue weighted by atomic mass is 10.1. The van der Waals surface area contributed by atoms with Crippen LogP contribution in [0.2, 0.25) is 0 Å². The quantitative estimate of drug-likeness (QED) is 0.858. The summed E-state index contributed by atoms with van der Waals surface area (Å²) >= 11 is 0. The smallest absolute Gasteiger partial charge is 0.0466 e. The number of para-hydroxylation sites is 1. The highest BCUT2D eigenvalue weighted by Crippen LogP contribution is 2.26. The molecule has 0 bridgehead atoms. The van der Waals surface area contributed by atoms with E-state index in [0.29, 0.717) is 6.04 Å². The van der Waals surface area contributed by atoms with Crippen LogP contribution in [0.25, 0.3) is 0 Å². The molecule has 2 aromatic rings. The van der Waals surface area contributed by atoms with E-state index in [4.69, 9.17) is 0 Å². The normalized spacial score (nSPS) is 14.7. The molecule has 0 spiro atoms. The molecule has 3 heteroatoms. The molecule has 0 aliphatic carbocycles. The Hall–Kier alpha value is -1.84. The number of hydrogen-bond donors (Lipinski definition) is 2. The summed E-state index contributed by atoms with van der Waals surface area (Å²) in [6, 6.07) is 17.7. The number of hydrogen-bond acceptors (Lipinski definition) is 3. The van der Waals surface area contributed by atoms with E-state index in [0.717, 1.165) is 26.1 Å². The van der Waals surface area contributed by atoms with Crippen LogP contribution in [0.1, 0.15) is 22.7 Å². The molecule has 0 saturated heterocycles. The lowest BCUT2D eigenvalue weighted by Crippen LogP contribution is -2.30. The van der Waals surface area contributed by atoms with Gasteiger partial charge in [-0.2, -0.15) is 0 Å². The van der Waals surface area contributed by atoms with Gasteiger partial charge in [-0.25, -0.2) is 0 Å². The third-order valence-electron chi connectivity index (χ3n) is 4.39. The van der Waals surface area contributed by atoms with Gasteiger partial charge in [0.15, 0.2) is 0 Å². The van der Waals surface area contributed by atoms with Crippen LogP contribution in [0.5, 0.6) is 0 Å². The second kappa shape index (κ2) is 6.95. The number of likely N-dealkylation sites (N-methyl/N-ethyl adjacent to an activating group) is 1. The Kier molecular flexibility index (Phi) is 4.76. The third-order valence-corrected chi connectivity index (χ3v) is 4.39. The van der Waals surface area contributed by atoms with Crippen LogP contribution in [0.4, 0.5) is 5.69 Å². The molecule has 2 N–H and O–H groups in total. The maximum absolute atomic E-state index is 3.63. The number of benzene rings is 2. The topological polar surface area (TPSA) is 27.3 Å². The van der Waals surface area contributed by atoms with Crippen LogP contribution in [-0.4, -0.2) is 32.1 Å². The molecule has 116 valence electrons. The summed E-state index contributed by atoms with van der Waals surface area (Å²) in [6.45, 7) is 2.92. The van der Waals surface area contributed by atoms with Gasteiger partial charge in [0.25, 0.3) is 0 Å². The van der Waals surface area contributed by atoms with Gasteiger partial charge in [-0.1, -0.05) is 48.5 Å². The molecule has 1 atom stereocenters. The largest absolute Gasteiger partial charge is 0.384 e. The zero-order chi connectivity index (χ0) is 15.4. The highest BCUT2D eigenvalue weighted by Gasteiger charge is 2.15. The van der Waals surface area contributed by atoms with Crippen molar-refractivity contribution in [3.05, 3.63) is 65.2 Å². The maximum Gasteiger partial charge on any atom is 0.0466 e. The summed E-state index contributed by atoms with van der Waals surface area (Å²) in [5.41, 5.74) is 5.53. The van der Waals surface area contributed by atoms with Gasteiger partial charge in [0.1, 0.15) is 0 Å². The van der Waals surface area contributed by atoms with E-state index in [1.807, 2.05) is 0 Å². The Morgan fingerprint density at radius 3 is 2.68 bits per heavy atom. The summed E-state index contributed by atoms with van der Waals surface area (Å²) < 4.78 is 0. The van der Waals surface area contributed by atoms with Crippen molar-refractivity contribution in [2.75, 3.05) is 32.5 Å². The summed E-state index contributed by atoms with van der Waals surface area (Å²) in [4.78, 5) is 2.27. The lowest BCUT2D eigenvalue weighted by molar-refractivity contribution is 0.288. The van der Waals surface area contributed by atoms with E-state index in [1.165, 1.54) is 22.4 Å². The van der Waals surface area contributed by atoms with Crippen LogP contribution < -0.4 is 10.6 Å². The minimum atomic E-state index is 0.394. The Bertz CT molecular complexity index is 607. The lowest BCUT2D eigenvalue weighted by Gasteiger charge is -2.25. The van der Waals surface area contributed by atoms with E-state index < -0.39 is 0 Å². The van der Waals surface area contributed by atoms with Gasteiger partial charge >= 0.3 is 0 Å². The first-order valence-electron chi connectivity index (χ1n) is 8.02. The second-order valence-corrected chi connectivity index (χ2v) is 6.15. The van der Waals surface area contributed by atoms with Gasteiger partial charge in [0.05, 0.1) is 0 Å². The van der Waals surface area contributed by atoms with Crippen LogP contribution in [0.15, 0.2) is 48.5 Å². The summed E-state index contributed by atoms with van der Waals surface area (Å²) in [6.07, 6.45) is 1.15. The van der Waals surface area contributed by atoms with E-state index in [9.17, 15) is 0 Å². The molecule has 0 radical (unpaired) electrons. The van der Waals surface area contributed by atoms with E-state index in [1.54, 1.807) is 0 Å². The van der Waals surface area contributed by atoms with Crippen LogP contribution in [0.3, 0.4) is 0 Å². The number of rotatable bonds is 6. The fraction of sp³-hybridized carbons (Fsp3) is 0.368. The van der Waals surface area contributed by atoms with Crippen LogP contribution in [-0.2, 0) is 13.0 Å². The van der Waals surface area contributed by atoms with Crippen molar-refractivity contribution in [2.24, 2.45) is 0 Å². The molecule has 0 aromatic heterocycles. The minimum absolute atomic E-state index is 0.394. The Morgan fingerprint density at radius 1 is 1.09 bits per heavy atom. The van der Waals surface area contributed by atoms with E-state index >= 15 is 0 Å². The number of fused-ring (bicyclic) bond motifs is 1. The molecule has 0 saturated carbocycles. The van der Waals surface area contributed by atoms with Gasteiger partial charge in [0, 0.05) is 31.4 Å². The van der Waals surface area contributed by atoms with Gasteiger partial charge < -0.3 is 15.5 Å². The predicted octanol–water partition coefficient (Wildman–Crippen LogP) is 3.05. The number of nitrogens with zero attached hydrogens (tertiary/aromatic N) is 1. The molecule has 2 aromatic carbocycles. The van der Waals surface area contributed by atoms with Crippen molar-refractivity contribution in [3.63, 3.8) is 0 Å². The molecule has 1 aliphatic heterocycles. The summed E-state index contributed by atoms with van der Waals surface area (Å²) in [5, 5.41) is 7.14. The Balaban J connectivity index is 1.63. The predicted molar refractivity (Wildman–Crippen MR) is 93.2 cm³/mol. The van der Waals surface area contributed by atoms with Crippen molar-refractivity contribution >= 4 is 5.69 Å². The molecule has 22 heavy (non-hydrogen) atoms. The van der Waals surface area contributed by atoms with Gasteiger partial charge in [-0.15, -0.1) is 0 Å². The number of nitrogens with one attached hydrogen (secondary N) is 2. The first-order valence-corrected chi connectivity index (χ1v) is 8.02. The first-order chi connectivity index (χ1) is 10.8. The standard InChI is InChI=1S/C19H25N3/c1-22(2)18(15-7-4-3-5-8-15)14-20-13-17-10-6-9-16-11-12-21-19(16)17/h3-10,18,20-21H,11-14H2,1-2H3. The highest BCUT2D eigenvalue weighted by atomic mass is 15.1. The first kappa shape index (κ1) is 15.1. The SMILES string of the molecule is CN(C)C(CNCc1cccc2c1NCC2)c1ccccc1. The molecule has 1 heterocycles. The van der Waals surface area contributed by atoms with E-state index in [2.05, 4.69) is 78.2 Å². The van der Waals surface area contributed by atoms with Crippen LogP contribution in [0, 0.1) is 0 Å². The average molecular weight is 295 g/mol. The van der Waals surface area contributed by atoms with Crippen molar-refractivity contribution in [1.82, 2.24) is 10.2 Å². The van der Waals surface area contributed by atoms with Crippen LogP contribution >= 0.6 is 0 Å². The zero-order valence-corrected chi connectivity index (χ0v) is 13.5. The fourth-order valence-electron chi connectivity index (χ4n) is 3.18. The van der Waals surface area contributed by atoms with Crippen molar-refractivity contribution in [3.8, 4) is 0 Å². The zero-order valence-electron chi connectivity index (χ0n) is 13.5. The second-order valence-electron chi connectivity index (χ2n) is 6.15. The molecule has 0 fully saturated rings. The minimum Gasteiger partial charge on any atom is -0.384 e. The van der Waals surface area contributed by atoms with Crippen molar-refractivity contribution in [1.29, 1.82) is 0 Å². The summed E-state index contributed by atoms with van der Waals surface area (Å²) in [5.74, 6) is 0. The number of anilines is 1.